The summed E-state index contributed by atoms with van der Waals surface area (Å²) in [5.41, 5.74) is 0. The van der Waals surface area contributed by atoms with E-state index >= 15 is 0 Å². The first-order valence-corrected chi connectivity index (χ1v) is 5.38. The number of ketones is 1. The van der Waals surface area contributed by atoms with Crippen LogP contribution in [0.2, 0.25) is 0 Å². The first kappa shape index (κ1) is 10.7. The molecule has 1 aliphatic carbocycles. The molecule has 75 valence electrons. The van der Waals surface area contributed by atoms with Gasteiger partial charge in [-0.2, -0.15) is 0 Å². The maximum absolute atomic E-state index is 11.3. The molecule has 0 aromatic carbocycles. The molecular formula is C12H21O. The summed E-state index contributed by atoms with van der Waals surface area (Å²) in [7, 11) is 0. The summed E-state index contributed by atoms with van der Waals surface area (Å²) in [6, 6.07) is 0. The van der Waals surface area contributed by atoms with Gasteiger partial charge in [-0.15, -0.1) is 0 Å². The van der Waals surface area contributed by atoms with E-state index in [4.69, 9.17) is 0 Å². The van der Waals surface area contributed by atoms with Crippen molar-refractivity contribution in [2.75, 3.05) is 0 Å². The highest BCUT2D eigenvalue weighted by molar-refractivity contribution is 5.85. The zero-order valence-corrected chi connectivity index (χ0v) is 9.05. The van der Waals surface area contributed by atoms with Crippen molar-refractivity contribution >= 4 is 5.78 Å². The van der Waals surface area contributed by atoms with Crippen LogP contribution >= 0.6 is 0 Å². The van der Waals surface area contributed by atoms with Gasteiger partial charge in [-0.05, 0) is 30.6 Å². The monoisotopic (exact) mass is 181 g/mol. The number of hydrogen-bond donors (Lipinski definition) is 0. The van der Waals surface area contributed by atoms with Gasteiger partial charge in [0.2, 0.25) is 0 Å². The molecule has 13 heavy (non-hydrogen) atoms. The Balaban J connectivity index is 2.66. The fourth-order valence-corrected chi connectivity index (χ4v) is 2.57. The Morgan fingerprint density at radius 1 is 1.38 bits per heavy atom. The summed E-state index contributed by atoms with van der Waals surface area (Å²) >= 11 is 0. The van der Waals surface area contributed by atoms with Crippen LogP contribution in [-0.2, 0) is 4.79 Å². The van der Waals surface area contributed by atoms with E-state index in [1.165, 1.54) is 12.8 Å². The van der Waals surface area contributed by atoms with Gasteiger partial charge >= 0.3 is 0 Å². The summed E-state index contributed by atoms with van der Waals surface area (Å²) in [5.74, 6) is 2.32. The highest BCUT2D eigenvalue weighted by atomic mass is 16.1. The Morgan fingerprint density at radius 2 is 2.00 bits per heavy atom. The van der Waals surface area contributed by atoms with E-state index in [2.05, 4.69) is 27.7 Å². The van der Waals surface area contributed by atoms with Crippen molar-refractivity contribution < 1.29 is 4.79 Å². The minimum absolute atomic E-state index is 0.158. The Bertz CT molecular complexity index is 184. The van der Waals surface area contributed by atoms with Crippen molar-refractivity contribution in [2.45, 2.75) is 40.0 Å². The van der Waals surface area contributed by atoms with Crippen molar-refractivity contribution in [3.63, 3.8) is 0 Å². The minimum atomic E-state index is 0.158. The summed E-state index contributed by atoms with van der Waals surface area (Å²) in [4.78, 5) is 11.3. The number of carbonyl (C=O) groups is 1. The van der Waals surface area contributed by atoms with Gasteiger partial charge in [0, 0.05) is 12.8 Å². The van der Waals surface area contributed by atoms with Crippen LogP contribution in [0.4, 0.5) is 0 Å². The van der Waals surface area contributed by atoms with Crippen molar-refractivity contribution in [3.05, 3.63) is 6.92 Å². The van der Waals surface area contributed by atoms with Gasteiger partial charge < -0.3 is 0 Å². The summed E-state index contributed by atoms with van der Waals surface area (Å²) in [6.07, 6.45) is 3.56. The van der Waals surface area contributed by atoms with Crippen LogP contribution in [-0.4, -0.2) is 5.78 Å². The molecule has 1 heteroatoms. The molecule has 0 aromatic rings. The van der Waals surface area contributed by atoms with Gasteiger partial charge in [0.25, 0.3) is 0 Å². The average Bonchev–Trinajstić information content (AvgIpc) is 2.03. The average molecular weight is 181 g/mol. The van der Waals surface area contributed by atoms with E-state index in [-0.39, 0.29) is 11.7 Å². The quantitative estimate of drug-likeness (QED) is 0.639. The highest BCUT2D eigenvalue weighted by Gasteiger charge is 2.33. The summed E-state index contributed by atoms with van der Waals surface area (Å²) in [6.45, 7) is 10.3. The number of hydrogen-bond acceptors (Lipinski definition) is 1. The molecule has 1 rings (SSSR count). The third kappa shape index (κ3) is 2.55. The second kappa shape index (κ2) is 4.26. The van der Waals surface area contributed by atoms with Gasteiger partial charge in [-0.1, -0.05) is 27.2 Å². The molecule has 3 atom stereocenters. The summed E-state index contributed by atoms with van der Waals surface area (Å²) < 4.78 is 0. The number of carbonyl (C=O) groups excluding carboxylic acids is 1. The lowest BCUT2D eigenvalue weighted by molar-refractivity contribution is -0.122. The summed E-state index contributed by atoms with van der Waals surface area (Å²) in [5, 5.41) is 0. The molecule has 0 saturated heterocycles. The molecule has 0 unspecified atom stereocenters. The fraction of sp³-hybridized carbons (Fsp3) is 0.833. The van der Waals surface area contributed by atoms with Crippen LogP contribution in [0.3, 0.4) is 0 Å². The molecule has 1 aliphatic rings. The predicted octanol–water partition coefficient (Wildman–Crippen LogP) is 3.10. The van der Waals surface area contributed by atoms with Crippen LogP contribution in [0.25, 0.3) is 0 Å². The van der Waals surface area contributed by atoms with Crippen LogP contribution < -0.4 is 0 Å². The molecule has 0 aromatic heterocycles. The lowest BCUT2D eigenvalue weighted by atomic mass is 9.69. The molecule has 0 spiro atoms. The van der Waals surface area contributed by atoms with Crippen molar-refractivity contribution in [1.29, 1.82) is 0 Å². The lowest BCUT2D eigenvalue weighted by Gasteiger charge is -2.35. The van der Waals surface area contributed by atoms with Crippen LogP contribution in [0.5, 0.6) is 0 Å². The Morgan fingerprint density at radius 3 is 2.46 bits per heavy atom. The van der Waals surface area contributed by atoms with E-state index in [9.17, 15) is 4.79 Å². The fourth-order valence-electron chi connectivity index (χ4n) is 2.57. The SMILES string of the molecule is [CH2]C(=O)[C@H]1C[C@@H](C)CC[C@@H]1C(C)C. The highest BCUT2D eigenvalue weighted by Crippen LogP contribution is 2.38. The van der Waals surface area contributed by atoms with Crippen molar-refractivity contribution in [1.82, 2.24) is 0 Å². The van der Waals surface area contributed by atoms with Crippen LogP contribution in [0.1, 0.15) is 40.0 Å². The third-order valence-corrected chi connectivity index (χ3v) is 3.44. The normalized spacial score (nSPS) is 35.0. The molecule has 0 amide bonds. The number of rotatable bonds is 2. The zero-order valence-electron chi connectivity index (χ0n) is 9.05. The van der Waals surface area contributed by atoms with E-state index in [0.29, 0.717) is 17.8 Å². The first-order valence-electron chi connectivity index (χ1n) is 5.38. The molecule has 0 bridgehead atoms. The third-order valence-electron chi connectivity index (χ3n) is 3.44. The first-order chi connectivity index (χ1) is 6.02. The Labute approximate surface area is 81.9 Å². The van der Waals surface area contributed by atoms with Gasteiger partial charge in [-0.3, -0.25) is 4.79 Å². The van der Waals surface area contributed by atoms with Gasteiger partial charge in [0.05, 0.1) is 0 Å². The smallest absolute Gasteiger partial charge is 0.136 e. The predicted molar refractivity (Wildman–Crippen MR) is 55.2 cm³/mol. The maximum atomic E-state index is 11.3. The minimum Gasteiger partial charge on any atom is -0.299 e. The van der Waals surface area contributed by atoms with E-state index in [0.717, 1.165) is 6.42 Å². The topological polar surface area (TPSA) is 17.1 Å². The molecule has 1 saturated carbocycles. The van der Waals surface area contributed by atoms with E-state index in [1.807, 2.05) is 0 Å². The molecule has 0 heterocycles. The molecule has 0 aliphatic heterocycles. The lowest BCUT2D eigenvalue weighted by Crippen LogP contribution is -2.32. The number of Topliss-reactive ketones (excluding diaryl/α,β-unsaturated/α-hetero) is 1. The standard InChI is InChI=1S/C12H21O/c1-8(2)11-6-5-9(3)7-12(11)10(4)13/h8-9,11-12H,4-7H2,1-3H3/t9-,11+,12+/m0/s1. The second-order valence-electron chi connectivity index (χ2n) is 4.90. The molecule has 1 fully saturated rings. The second-order valence-corrected chi connectivity index (χ2v) is 4.90. The van der Waals surface area contributed by atoms with Crippen molar-refractivity contribution in [2.24, 2.45) is 23.7 Å². The van der Waals surface area contributed by atoms with Gasteiger partial charge in [0.15, 0.2) is 0 Å². The maximum Gasteiger partial charge on any atom is 0.136 e. The van der Waals surface area contributed by atoms with Crippen molar-refractivity contribution in [3.8, 4) is 0 Å². The Kier molecular flexibility index (Phi) is 3.52. The van der Waals surface area contributed by atoms with Gasteiger partial charge in [-0.25, -0.2) is 0 Å². The molecule has 1 nitrogen and oxygen atoms in total. The molecular weight excluding hydrogens is 160 g/mol. The molecule has 1 radical (unpaired) electrons. The van der Waals surface area contributed by atoms with Crippen LogP contribution in [0, 0.1) is 30.6 Å². The molecule has 0 N–H and O–H groups in total. The Hall–Kier alpha value is -0.330. The van der Waals surface area contributed by atoms with Gasteiger partial charge in [0.1, 0.15) is 5.78 Å². The zero-order chi connectivity index (χ0) is 10.0. The van der Waals surface area contributed by atoms with E-state index in [1.54, 1.807) is 0 Å². The van der Waals surface area contributed by atoms with Crippen LogP contribution in [0.15, 0.2) is 0 Å². The van der Waals surface area contributed by atoms with E-state index < -0.39 is 0 Å². The largest absolute Gasteiger partial charge is 0.299 e.